The van der Waals surface area contributed by atoms with E-state index in [2.05, 4.69) is 64.0 Å². The zero-order valence-electron chi connectivity index (χ0n) is 16.0. The first-order chi connectivity index (χ1) is 14.2. The van der Waals surface area contributed by atoms with Gasteiger partial charge in [-0.3, -0.25) is 14.0 Å². The smallest absolute Gasteiger partial charge is 0.216 e. The van der Waals surface area contributed by atoms with Gasteiger partial charge in [0.1, 0.15) is 0 Å². The molecule has 0 unspecified atom stereocenters. The van der Waals surface area contributed by atoms with Crippen molar-refractivity contribution < 1.29 is 0 Å². The van der Waals surface area contributed by atoms with Crippen LogP contribution in [0.15, 0.2) is 67.0 Å². The van der Waals surface area contributed by atoms with Crippen molar-refractivity contribution in [2.75, 3.05) is 7.05 Å². The van der Waals surface area contributed by atoms with Crippen molar-refractivity contribution in [2.45, 2.75) is 19.8 Å². The van der Waals surface area contributed by atoms with Crippen molar-refractivity contribution in [2.24, 2.45) is 0 Å². The topological polar surface area (TPSA) is 43.3 Å². The molecule has 0 saturated heterocycles. The molecule has 0 bridgehead atoms. The first-order valence-electron chi connectivity index (χ1n) is 9.38. The Morgan fingerprint density at radius 3 is 2.69 bits per heavy atom. The molecule has 29 heavy (non-hydrogen) atoms. The summed E-state index contributed by atoms with van der Waals surface area (Å²) in [7, 11) is 2.07. The molecule has 0 fully saturated rings. The number of para-hydroxylation sites is 1. The highest BCUT2D eigenvalue weighted by atomic mass is 32.1. The SMILES string of the molecule is CN(Cc1cnn(Cc2ccccc2)c1)Cn1nc2sc3ccccc3n2c1=S. The summed E-state index contributed by atoms with van der Waals surface area (Å²) in [6.45, 7) is 2.19. The molecular weight excluding hydrogens is 400 g/mol. The molecule has 3 aromatic heterocycles. The van der Waals surface area contributed by atoms with Gasteiger partial charge in [-0.15, -0.1) is 5.10 Å². The average molecular weight is 421 g/mol. The summed E-state index contributed by atoms with van der Waals surface area (Å²) < 4.78 is 7.85. The summed E-state index contributed by atoms with van der Waals surface area (Å²) in [6, 6.07) is 18.6. The van der Waals surface area contributed by atoms with Gasteiger partial charge in [0.25, 0.3) is 0 Å². The maximum Gasteiger partial charge on any atom is 0.216 e. The van der Waals surface area contributed by atoms with Crippen LogP contribution in [0.3, 0.4) is 0 Å². The number of hydrogen-bond acceptors (Lipinski definition) is 5. The summed E-state index contributed by atoms with van der Waals surface area (Å²) in [6.07, 6.45) is 4.03. The van der Waals surface area contributed by atoms with E-state index in [-0.39, 0.29) is 0 Å². The van der Waals surface area contributed by atoms with Crippen LogP contribution < -0.4 is 0 Å². The van der Waals surface area contributed by atoms with Crippen molar-refractivity contribution >= 4 is 38.7 Å². The lowest BCUT2D eigenvalue weighted by atomic mass is 10.2. The van der Waals surface area contributed by atoms with Crippen LogP contribution >= 0.6 is 23.6 Å². The van der Waals surface area contributed by atoms with Gasteiger partial charge in [0.2, 0.25) is 9.73 Å². The third kappa shape index (κ3) is 3.62. The molecule has 0 aliphatic carbocycles. The minimum absolute atomic E-state index is 0.630. The van der Waals surface area contributed by atoms with Crippen molar-refractivity contribution in [3.05, 3.63) is 82.9 Å². The number of aromatic nitrogens is 5. The van der Waals surface area contributed by atoms with Gasteiger partial charge in [-0.2, -0.15) is 5.10 Å². The Kier molecular flexibility index (Phi) is 4.75. The normalized spacial score (nSPS) is 11.8. The first kappa shape index (κ1) is 18.2. The molecule has 8 heteroatoms. The van der Waals surface area contributed by atoms with E-state index in [9.17, 15) is 0 Å². The van der Waals surface area contributed by atoms with E-state index in [1.807, 2.05) is 33.8 Å². The van der Waals surface area contributed by atoms with E-state index in [0.29, 0.717) is 6.67 Å². The Hall–Kier alpha value is -2.81. The van der Waals surface area contributed by atoms with Gasteiger partial charge in [0.15, 0.2) is 0 Å². The van der Waals surface area contributed by atoms with Crippen molar-refractivity contribution in [3.63, 3.8) is 0 Å². The van der Waals surface area contributed by atoms with Gasteiger partial charge < -0.3 is 0 Å². The minimum atomic E-state index is 0.630. The van der Waals surface area contributed by atoms with Crippen LogP contribution in [0.5, 0.6) is 0 Å². The van der Waals surface area contributed by atoms with Crippen LogP contribution in [0.2, 0.25) is 0 Å². The van der Waals surface area contributed by atoms with Crippen LogP contribution in [0.4, 0.5) is 0 Å². The van der Waals surface area contributed by atoms with Crippen molar-refractivity contribution in [3.8, 4) is 0 Å². The molecule has 0 amide bonds. The number of hydrogen-bond donors (Lipinski definition) is 0. The second kappa shape index (κ2) is 7.55. The third-order valence-corrected chi connectivity index (χ3v) is 6.22. The Morgan fingerprint density at radius 1 is 1.03 bits per heavy atom. The summed E-state index contributed by atoms with van der Waals surface area (Å²) >= 11 is 7.36. The lowest BCUT2D eigenvalue weighted by Crippen LogP contribution is -2.22. The van der Waals surface area contributed by atoms with E-state index in [4.69, 9.17) is 17.3 Å². The van der Waals surface area contributed by atoms with Gasteiger partial charge >= 0.3 is 0 Å². The zero-order chi connectivity index (χ0) is 19.8. The fourth-order valence-electron chi connectivity index (χ4n) is 3.51. The van der Waals surface area contributed by atoms with Crippen molar-refractivity contribution in [1.29, 1.82) is 0 Å². The molecular formula is C21H20N6S2. The van der Waals surface area contributed by atoms with Crippen LogP contribution in [-0.2, 0) is 19.8 Å². The van der Waals surface area contributed by atoms with E-state index in [0.717, 1.165) is 28.3 Å². The molecule has 0 radical (unpaired) electrons. The second-order valence-corrected chi connectivity index (χ2v) is 8.53. The van der Waals surface area contributed by atoms with Crippen LogP contribution in [0, 0.1) is 4.77 Å². The molecule has 3 heterocycles. The van der Waals surface area contributed by atoms with Crippen LogP contribution in [0.25, 0.3) is 15.2 Å². The van der Waals surface area contributed by atoms with E-state index >= 15 is 0 Å². The van der Waals surface area contributed by atoms with Gasteiger partial charge in [-0.25, -0.2) is 4.68 Å². The van der Waals surface area contributed by atoms with Gasteiger partial charge in [-0.1, -0.05) is 53.8 Å². The van der Waals surface area contributed by atoms with E-state index < -0.39 is 0 Å². The van der Waals surface area contributed by atoms with Gasteiger partial charge in [0.05, 0.1) is 29.6 Å². The zero-order valence-corrected chi connectivity index (χ0v) is 17.6. The Morgan fingerprint density at radius 2 is 1.83 bits per heavy atom. The Balaban J connectivity index is 1.30. The monoisotopic (exact) mass is 420 g/mol. The van der Waals surface area contributed by atoms with Crippen LogP contribution in [0.1, 0.15) is 11.1 Å². The quantitative estimate of drug-likeness (QED) is 0.382. The number of benzene rings is 2. The second-order valence-electron chi connectivity index (χ2n) is 7.16. The summed E-state index contributed by atoms with van der Waals surface area (Å²) in [5.74, 6) is 0. The Bertz CT molecular complexity index is 1330. The molecule has 5 rings (SSSR count). The average Bonchev–Trinajstić information content (AvgIpc) is 3.38. The molecule has 0 spiro atoms. The number of fused-ring (bicyclic) bond motifs is 3. The van der Waals surface area contributed by atoms with E-state index in [1.165, 1.54) is 15.8 Å². The van der Waals surface area contributed by atoms with Crippen LogP contribution in [-0.4, -0.2) is 35.9 Å². The highest BCUT2D eigenvalue weighted by molar-refractivity contribution is 7.71. The predicted molar refractivity (Wildman–Crippen MR) is 119 cm³/mol. The number of rotatable bonds is 6. The first-order valence-corrected chi connectivity index (χ1v) is 10.6. The third-order valence-electron chi connectivity index (χ3n) is 4.82. The maximum atomic E-state index is 5.70. The summed E-state index contributed by atoms with van der Waals surface area (Å²) in [4.78, 5) is 3.12. The van der Waals surface area contributed by atoms with E-state index in [1.54, 1.807) is 11.3 Å². The summed E-state index contributed by atoms with van der Waals surface area (Å²) in [5, 5.41) is 9.22. The standard InChI is InChI=1S/C21H20N6S2/c1-24(12-17-11-22-25(14-17)13-16-7-3-2-4-8-16)15-26-21(28)27-18-9-5-6-10-19(18)29-20(27)23-26/h2-11,14H,12-13,15H2,1H3. The largest absolute Gasteiger partial charge is 0.283 e. The molecule has 0 aliphatic rings. The molecule has 6 nitrogen and oxygen atoms in total. The number of thiazole rings is 1. The van der Waals surface area contributed by atoms with Crippen molar-refractivity contribution in [1.82, 2.24) is 28.9 Å². The molecule has 0 aliphatic heterocycles. The summed E-state index contributed by atoms with van der Waals surface area (Å²) in [5.41, 5.74) is 3.53. The molecule has 146 valence electrons. The Labute approximate surface area is 177 Å². The van der Waals surface area contributed by atoms with Gasteiger partial charge in [-0.05, 0) is 37.0 Å². The number of nitrogens with zero attached hydrogens (tertiary/aromatic N) is 6. The minimum Gasteiger partial charge on any atom is -0.283 e. The lowest BCUT2D eigenvalue weighted by Gasteiger charge is -2.15. The predicted octanol–water partition coefficient (Wildman–Crippen LogP) is 4.41. The fourth-order valence-corrected chi connectivity index (χ4v) is 4.88. The highest BCUT2D eigenvalue weighted by Gasteiger charge is 2.12. The fraction of sp³-hybridized carbons (Fsp3) is 0.190. The molecule has 0 saturated carbocycles. The molecule has 0 N–H and O–H groups in total. The maximum absolute atomic E-state index is 5.70. The highest BCUT2D eigenvalue weighted by Crippen LogP contribution is 2.25. The molecule has 5 aromatic rings. The molecule has 0 atom stereocenters. The lowest BCUT2D eigenvalue weighted by molar-refractivity contribution is 0.245. The van der Waals surface area contributed by atoms with Gasteiger partial charge in [0, 0.05) is 18.3 Å². The molecule has 2 aromatic carbocycles.